The van der Waals surface area contributed by atoms with Crippen LogP contribution in [0.2, 0.25) is 5.02 Å². The van der Waals surface area contributed by atoms with Gasteiger partial charge in [-0.3, -0.25) is 0 Å². The van der Waals surface area contributed by atoms with Crippen molar-refractivity contribution in [2.24, 2.45) is 5.92 Å². The van der Waals surface area contributed by atoms with Crippen molar-refractivity contribution in [1.82, 2.24) is 0 Å². The van der Waals surface area contributed by atoms with E-state index in [0.717, 1.165) is 66.4 Å². The van der Waals surface area contributed by atoms with Gasteiger partial charge >= 0.3 is 0 Å². The van der Waals surface area contributed by atoms with Crippen molar-refractivity contribution < 1.29 is 19.5 Å². The largest absolute Gasteiger partial charge is 0.497 e. The van der Waals surface area contributed by atoms with E-state index in [1.165, 1.54) is 11.3 Å². The molecule has 5 heteroatoms. The Morgan fingerprint density at radius 2 is 1.93 bits per heavy atom. The lowest BCUT2D eigenvalue weighted by molar-refractivity contribution is -0.958. The van der Waals surface area contributed by atoms with Crippen LogP contribution >= 0.6 is 11.6 Å². The van der Waals surface area contributed by atoms with Crippen LogP contribution in [0.3, 0.4) is 0 Å². The number of fused-ring (bicyclic) bond motifs is 1. The monoisotopic (exact) mass is 416 g/mol. The fourth-order valence-corrected chi connectivity index (χ4v) is 5.65. The molecule has 1 heterocycles. The number of halogens is 1. The highest BCUT2D eigenvalue weighted by Crippen LogP contribution is 2.46. The van der Waals surface area contributed by atoms with Gasteiger partial charge in [0.05, 0.1) is 31.9 Å². The summed E-state index contributed by atoms with van der Waals surface area (Å²) < 4.78 is 11.2. The highest BCUT2D eigenvalue weighted by atomic mass is 35.5. The summed E-state index contributed by atoms with van der Waals surface area (Å²) in [6, 6.07) is 14.3. The molecular weight excluding hydrogens is 386 g/mol. The van der Waals surface area contributed by atoms with E-state index >= 15 is 0 Å². The molecule has 1 saturated carbocycles. The second-order valence-electron chi connectivity index (χ2n) is 8.47. The molecule has 156 valence electrons. The Bertz CT molecular complexity index is 858. The van der Waals surface area contributed by atoms with Crippen LogP contribution in [-0.4, -0.2) is 31.5 Å². The van der Waals surface area contributed by atoms with E-state index in [2.05, 4.69) is 12.1 Å². The van der Waals surface area contributed by atoms with Crippen molar-refractivity contribution in [3.8, 4) is 11.5 Å². The maximum atomic E-state index is 11.5. The molecule has 2 N–H and O–H groups in total. The van der Waals surface area contributed by atoms with Gasteiger partial charge < -0.3 is 19.5 Å². The third kappa shape index (κ3) is 3.98. The van der Waals surface area contributed by atoms with Crippen LogP contribution in [0.15, 0.2) is 42.5 Å². The normalized spacial score (nSPS) is 29.2. The lowest BCUT2D eigenvalue weighted by Crippen LogP contribution is -3.13. The first-order valence-corrected chi connectivity index (χ1v) is 11.0. The molecule has 4 rings (SSSR count). The molecule has 29 heavy (non-hydrogen) atoms. The zero-order valence-electron chi connectivity index (χ0n) is 17.3. The molecule has 0 amide bonds. The molecule has 4 nitrogen and oxygen atoms in total. The first kappa shape index (κ1) is 20.5. The van der Waals surface area contributed by atoms with E-state index in [1.54, 1.807) is 14.2 Å². The number of nitrogens with one attached hydrogen (secondary N) is 1. The van der Waals surface area contributed by atoms with Crippen molar-refractivity contribution in [3.63, 3.8) is 0 Å². The average Bonchev–Trinajstić information content (AvgIpc) is 2.75. The topological polar surface area (TPSA) is 43.1 Å². The number of ether oxygens (including phenoxy) is 2. The van der Waals surface area contributed by atoms with Gasteiger partial charge in [0.1, 0.15) is 24.1 Å². The van der Waals surface area contributed by atoms with Gasteiger partial charge in [0, 0.05) is 29.0 Å². The fourth-order valence-electron chi connectivity index (χ4n) is 5.45. The molecule has 1 unspecified atom stereocenters. The molecule has 1 saturated heterocycles. The van der Waals surface area contributed by atoms with Crippen LogP contribution in [0.25, 0.3) is 0 Å². The smallest absolute Gasteiger partial charge is 0.131 e. The number of methoxy groups -OCH3 is 2. The van der Waals surface area contributed by atoms with E-state index in [9.17, 15) is 5.11 Å². The number of hydrogen-bond donors (Lipinski definition) is 2. The van der Waals surface area contributed by atoms with Gasteiger partial charge in [-0.2, -0.15) is 0 Å². The van der Waals surface area contributed by atoms with Crippen LogP contribution in [0.4, 0.5) is 0 Å². The lowest BCUT2D eigenvalue weighted by Gasteiger charge is -2.50. The summed E-state index contributed by atoms with van der Waals surface area (Å²) >= 11 is 6.50. The molecule has 0 spiro atoms. The second-order valence-corrected chi connectivity index (χ2v) is 8.88. The van der Waals surface area contributed by atoms with E-state index in [4.69, 9.17) is 21.1 Å². The van der Waals surface area contributed by atoms with Crippen LogP contribution in [0.1, 0.15) is 49.3 Å². The maximum absolute atomic E-state index is 11.5. The first-order chi connectivity index (χ1) is 14.1. The minimum Gasteiger partial charge on any atom is -0.497 e. The van der Waals surface area contributed by atoms with E-state index < -0.39 is 5.60 Å². The Balaban J connectivity index is 1.76. The van der Waals surface area contributed by atoms with Crippen molar-refractivity contribution in [1.29, 1.82) is 0 Å². The number of aliphatic hydroxyl groups is 1. The molecule has 2 fully saturated rings. The molecule has 0 aromatic heterocycles. The number of benzene rings is 2. The van der Waals surface area contributed by atoms with Crippen molar-refractivity contribution in [2.45, 2.75) is 50.3 Å². The van der Waals surface area contributed by atoms with Gasteiger partial charge in [-0.1, -0.05) is 42.6 Å². The predicted molar refractivity (Wildman–Crippen MR) is 115 cm³/mol. The molecule has 0 radical (unpaired) electrons. The van der Waals surface area contributed by atoms with E-state index in [0.29, 0.717) is 0 Å². The minimum absolute atomic E-state index is 0.158. The second kappa shape index (κ2) is 8.55. The van der Waals surface area contributed by atoms with Crippen molar-refractivity contribution in [2.75, 3.05) is 20.8 Å². The minimum atomic E-state index is -0.585. The third-order valence-electron chi connectivity index (χ3n) is 6.94. The van der Waals surface area contributed by atoms with Crippen LogP contribution in [0, 0.1) is 5.92 Å². The molecular formula is C24H31ClNO3+. The SMILES string of the molecule is COc1ccc([C@H]2[C@@H]3CCCC[C@]3(O)CC[NH+]2Cc2ccccc2Cl)c(OC)c1. The van der Waals surface area contributed by atoms with Gasteiger partial charge in [0.2, 0.25) is 0 Å². The molecule has 2 aromatic carbocycles. The summed E-state index contributed by atoms with van der Waals surface area (Å²) in [4.78, 5) is 1.44. The molecule has 1 aliphatic carbocycles. The van der Waals surface area contributed by atoms with Gasteiger partial charge in [-0.15, -0.1) is 0 Å². The summed E-state index contributed by atoms with van der Waals surface area (Å²) in [6.45, 7) is 1.75. The number of quaternary nitrogens is 1. The Kier molecular flexibility index (Phi) is 6.05. The number of likely N-dealkylation sites (tertiary alicyclic amines) is 1. The molecule has 2 aromatic rings. The fraction of sp³-hybridized carbons (Fsp3) is 0.500. The van der Waals surface area contributed by atoms with Crippen molar-refractivity contribution in [3.05, 3.63) is 58.6 Å². The summed E-state index contributed by atoms with van der Waals surface area (Å²) in [7, 11) is 3.38. The molecule has 0 bridgehead atoms. The zero-order chi connectivity index (χ0) is 20.4. The van der Waals surface area contributed by atoms with Crippen LogP contribution < -0.4 is 14.4 Å². The Hall–Kier alpha value is -1.75. The molecule has 4 atom stereocenters. The highest BCUT2D eigenvalue weighted by Gasteiger charge is 2.52. The third-order valence-corrected chi connectivity index (χ3v) is 7.31. The van der Waals surface area contributed by atoms with Crippen LogP contribution in [0.5, 0.6) is 11.5 Å². The Morgan fingerprint density at radius 1 is 1.10 bits per heavy atom. The maximum Gasteiger partial charge on any atom is 0.131 e. The summed E-state index contributed by atoms with van der Waals surface area (Å²) in [6.07, 6.45) is 5.06. The zero-order valence-corrected chi connectivity index (χ0v) is 18.0. The van der Waals surface area contributed by atoms with Gasteiger partial charge in [0.25, 0.3) is 0 Å². The summed E-state index contributed by atoms with van der Waals surface area (Å²) in [5.74, 6) is 1.83. The lowest BCUT2D eigenvalue weighted by atomic mass is 9.66. The first-order valence-electron chi connectivity index (χ1n) is 10.6. The van der Waals surface area contributed by atoms with Gasteiger partial charge in [0.15, 0.2) is 0 Å². The van der Waals surface area contributed by atoms with E-state index in [-0.39, 0.29) is 12.0 Å². The quantitative estimate of drug-likeness (QED) is 0.778. The summed E-state index contributed by atoms with van der Waals surface area (Å²) in [5.41, 5.74) is 1.72. The highest BCUT2D eigenvalue weighted by molar-refractivity contribution is 6.31. The van der Waals surface area contributed by atoms with Gasteiger partial charge in [-0.05, 0) is 31.0 Å². The average molecular weight is 417 g/mol. The van der Waals surface area contributed by atoms with Crippen LogP contribution in [-0.2, 0) is 6.54 Å². The Morgan fingerprint density at radius 3 is 2.69 bits per heavy atom. The standard InChI is InChI=1S/C24H30ClNO3/c1-28-18-10-11-19(22(15-18)29-2)23-20-8-5-6-12-24(20,27)13-14-26(23)16-17-7-3-4-9-21(17)25/h3-4,7,9-11,15,20,23,27H,5-6,8,12-14,16H2,1-2H3/p+1/t20-,23-,24-/m0/s1. The molecule has 1 aliphatic heterocycles. The number of piperidine rings is 1. The number of hydrogen-bond acceptors (Lipinski definition) is 3. The Labute approximate surface area is 178 Å². The predicted octanol–water partition coefficient (Wildman–Crippen LogP) is 3.81. The molecule has 2 aliphatic rings. The summed E-state index contributed by atoms with van der Waals surface area (Å²) in [5, 5.41) is 12.3. The number of rotatable bonds is 5. The van der Waals surface area contributed by atoms with Gasteiger partial charge in [-0.25, -0.2) is 0 Å². The van der Waals surface area contributed by atoms with Crippen molar-refractivity contribution >= 4 is 11.6 Å². The van der Waals surface area contributed by atoms with E-state index in [1.807, 2.05) is 30.3 Å².